The molecule has 0 fully saturated rings. The molecule has 0 aliphatic heterocycles. The summed E-state index contributed by atoms with van der Waals surface area (Å²) in [4.78, 5) is 12.5. The molecular formula is C21H18ClF3O7. The number of rotatable bonds is 8. The Bertz CT molecular complexity index is 1160. The monoisotopic (exact) mass is 474 g/mol. The molecule has 3 N–H and O–H groups in total. The van der Waals surface area contributed by atoms with Gasteiger partial charge in [-0.2, -0.15) is 13.2 Å². The van der Waals surface area contributed by atoms with E-state index in [-0.39, 0.29) is 65.1 Å². The van der Waals surface area contributed by atoms with E-state index in [2.05, 4.69) is 0 Å². The number of phenolic OH excluding ortho intramolecular Hbond substituents is 1. The van der Waals surface area contributed by atoms with Crippen molar-refractivity contribution in [1.82, 2.24) is 0 Å². The zero-order chi connectivity index (χ0) is 23.5. The van der Waals surface area contributed by atoms with Gasteiger partial charge in [0.2, 0.25) is 0 Å². The Morgan fingerprint density at radius 3 is 2.53 bits per heavy atom. The largest absolute Gasteiger partial charge is 0.507 e. The van der Waals surface area contributed by atoms with Gasteiger partial charge < -0.3 is 29.2 Å². The van der Waals surface area contributed by atoms with E-state index < -0.39 is 23.5 Å². The zero-order valence-electron chi connectivity index (χ0n) is 16.4. The summed E-state index contributed by atoms with van der Waals surface area (Å²) in [7, 11) is 0. The molecule has 172 valence electrons. The zero-order valence-corrected chi connectivity index (χ0v) is 17.1. The van der Waals surface area contributed by atoms with Crippen LogP contribution in [0, 0.1) is 0 Å². The van der Waals surface area contributed by atoms with Crippen LogP contribution in [0.3, 0.4) is 0 Å². The molecule has 0 saturated heterocycles. The van der Waals surface area contributed by atoms with Crippen LogP contribution in [0.2, 0.25) is 5.02 Å². The van der Waals surface area contributed by atoms with Gasteiger partial charge in [0.15, 0.2) is 17.3 Å². The van der Waals surface area contributed by atoms with Crippen molar-refractivity contribution in [3.05, 3.63) is 57.2 Å². The summed E-state index contributed by atoms with van der Waals surface area (Å²) in [5.74, 6) is -0.638. The third kappa shape index (κ3) is 5.52. The molecule has 3 aromatic rings. The van der Waals surface area contributed by atoms with Crippen LogP contribution in [0.25, 0.3) is 22.3 Å². The van der Waals surface area contributed by atoms with Crippen molar-refractivity contribution in [3.63, 3.8) is 0 Å². The van der Waals surface area contributed by atoms with Gasteiger partial charge in [-0.3, -0.25) is 4.79 Å². The molecule has 2 aromatic carbocycles. The molecule has 11 heteroatoms. The van der Waals surface area contributed by atoms with Crippen molar-refractivity contribution >= 4 is 22.6 Å². The van der Waals surface area contributed by atoms with Gasteiger partial charge in [0.25, 0.3) is 0 Å². The highest BCUT2D eigenvalue weighted by Gasteiger charge is 2.31. The Morgan fingerprint density at radius 2 is 1.84 bits per heavy atom. The van der Waals surface area contributed by atoms with Gasteiger partial charge in [0.05, 0.1) is 36.0 Å². The third-order valence-electron chi connectivity index (χ3n) is 4.34. The molecule has 0 aliphatic rings. The maximum atomic E-state index is 13.2. The number of ether oxygens (including phenoxy) is 2. The molecule has 32 heavy (non-hydrogen) atoms. The van der Waals surface area contributed by atoms with Crippen LogP contribution in [0.4, 0.5) is 13.2 Å². The average molecular weight is 475 g/mol. The summed E-state index contributed by atoms with van der Waals surface area (Å²) >= 11 is 6.07. The highest BCUT2D eigenvalue weighted by Crippen LogP contribution is 2.39. The number of aromatic hydroxyl groups is 1. The SMILES string of the molecule is O=c1cc(-c2ccc(C(F)(F)F)cc2OCCCOCC(O)O)oc2c(Cl)ccc(O)c12. The molecule has 7 nitrogen and oxygen atoms in total. The van der Waals surface area contributed by atoms with E-state index in [1.807, 2.05) is 0 Å². The quantitative estimate of drug-likeness (QED) is 0.335. The molecule has 0 bridgehead atoms. The summed E-state index contributed by atoms with van der Waals surface area (Å²) in [6.45, 7) is -0.300. The number of aliphatic hydroxyl groups is 2. The number of alkyl halides is 3. The fourth-order valence-corrected chi connectivity index (χ4v) is 3.10. The second kappa shape index (κ2) is 9.78. The Labute approximate surface area is 184 Å². The van der Waals surface area contributed by atoms with Crippen LogP contribution in [-0.4, -0.2) is 41.4 Å². The van der Waals surface area contributed by atoms with Crippen molar-refractivity contribution in [1.29, 1.82) is 0 Å². The standard InChI is InChI=1S/C21H18ClF3O7/c22-13-4-5-14(26)19-15(27)9-17(32-20(13)19)12-3-2-11(21(23,24)25)8-16(12)31-7-1-6-30-10-18(28)29/h2-5,8-9,18,26,28-29H,1,6-7,10H2. The summed E-state index contributed by atoms with van der Waals surface area (Å²) in [5.41, 5.74) is -1.64. The molecule has 0 aliphatic carbocycles. The summed E-state index contributed by atoms with van der Waals surface area (Å²) in [6, 6.07) is 6.28. The molecule has 0 spiro atoms. The molecule has 0 amide bonds. The lowest BCUT2D eigenvalue weighted by Gasteiger charge is -2.15. The Balaban J connectivity index is 1.97. The van der Waals surface area contributed by atoms with E-state index in [1.165, 1.54) is 12.1 Å². The topological polar surface area (TPSA) is 109 Å². The minimum absolute atomic E-state index is 0.0364. The Hall–Kier alpha value is -2.79. The maximum absolute atomic E-state index is 13.2. The first-order valence-corrected chi connectivity index (χ1v) is 9.69. The number of fused-ring (bicyclic) bond motifs is 1. The molecule has 0 saturated carbocycles. The van der Waals surface area contributed by atoms with Crippen molar-refractivity contribution in [2.45, 2.75) is 18.9 Å². The number of phenols is 1. The smallest absolute Gasteiger partial charge is 0.416 e. The van der Waals surface area contributed by atoms with E-state index >= 15 is 0 Å². The van der Waals surface area contributed by atoms with Gasteiger partial charge in [-0.1, -0.05) is 11.6 Å². The minimum Gasteiger partial charge on any atom is -0.507 e. The second-order valence-electron chi connectivity index (χ2n) is 6.71. The highest BCUT2D eigenvalue weighted by atomic mass is 35.5. The van der Waals surface area contributed by atoms with Crippen LogP contribution >= 0.6 is 11.6 Å². The molecule has 0 atom stereocenters. The van der Waals surface area contributed by atoms with Gasteiger partial charge in [-0.05, 0) is 30.3 Å². The van der Waals surface area contributed by atoms with Crippen LogP contribution in [0.15, 0.2) is 45.6 Å². The first-order chi connectivity index (χ1) is 15.1. The van der Waals surface area contributed by atoms with E-state index in [1.54, 1.807) is 0 Å². The minimum atomic E-state index is -4.63. The van der Waals surface area contributed by atoms with Gasteiger partial charge in [-0.15, -0.1) is 0 Å². The molecular weight excluding hydrogens is 457 g/mol. The Kier molecular flexibility index (Phi) is 7.29. The molecule has 0 unspecified atom stereocenters. The predicted molar refractivity (Wildman–Crippen MR) is 109 cm³/mol. The van der Waals surface area contributed by atoms with Crippen LogP contribution in [0.1, 0.15) is 12.0 Å². The molecule has 1 aromatic heterocycles. The van der Waals surface area contributed by atoms with Crippen LogP contribution in [0.5, 0.6) is 11.5 Å². The van der Waals surface area contributed by atoms with Gasteiger partial charge >= 0.3 is 6.18 Å². The van der Waals surface area contributed by atoms with Crippen molar-refractivity contribution < 1.29 is 42.4 Å². The van der Waals surface area contributed by atoms with Crippen LogP contribution < -0.4 is 10.2 Å². The number of hydrogen-bond acceptors (Lipinski definition) is 7. The fourth-order valence-electron chi connectivity index (χ4n) is 2.90. The summed E-state index contributed by atoms with van der Waals surface area (Å²) in [6.07, 6.45) is -6.02. The molecule has 3 rings (SSSR count). The first kappa shape index (κ1) is 23.9. The number of halogens is 4. The highest BCUT2D eigenvalue weighted by molar-refractivity contribution is 6.35. The lowest BCUT2D eigenvalue weighted by atomic mass is 10.1. The van der Waals surface area contributed by atoms with Crippen LogP contribution in [-0.2, 0) is 10.9 Å². The third-order valence-corrected chi connectivity index (χ3v) is 4.64. The number of benzene rings is 2. The van der Waals surface area contributed by atoms with Gasteiger partial charge in [0.1, 0.15) is 22.6 Å². The van der Waals surface area contributed by atoms with E-state index in [0.717, 1.165) is 24.3 Å². The predicted octanol–water partition coefficient (Wildman–Crippen LogP) is 3.93. The lowest BCUT2D eigenvalue weighted by Crippen LogP contribution is -2.15. The normalized spacial score (nSPS) is 12.0. The van der Waals surface area contributed by atoms with Gasteiger partial charge in [-0.25, -0.2) is 0 Å². The van der Waals surface area contributed by atoms with Gasteiger partial charge in [0, 0.05) is 12.5 Å². The molecule has 0 radical (unpaired) electrons. The fraction of sp³-hybridized carbons (Fsp3) is 0.286. The maximum Gasteiger partial charge on any atom is 0.416 e. The van der Waals surface area contributed by atoms with Crippen molar-refractivity contribution in [2.75, 3.05) is 19.8 Å². The van der Waals surface area contributed by atoms with E-state index in [9.17, 15) is 23.1 Å². The lowest BCUT2D eigenvalue weighted by molar-refractivity contribution is -0.137. The van der Waals surface area contributed by atoms with Crippen molar-refractivity contribution in [3.8, 4) is 22.8 Å². The number of hydrogen-bond donors (Lipinski definition) is 3. The van der Waals surface area contributed by atoms with Crippen molar-refractivity contribution in [2.24, 2.45) is 0 Å². The van der Waals surface area contributed by atoms with E-state index in [4.69, 9.17) is 35.7 Å². The summed E-state index contributed by atoms with van der Waals surface area (Å²) in [5, 5.41) is 27.3. The molecule has 1 heterocycles. The van der Waals surface area contributed by atoms with E-state index in [0.29, 0.717) is 0 Å². The number of aliphatic hydroxyl groups excluding tert-OH is 1. The Morgan fingerprint density at radius 1 is 1.09 bits per heavy atom. The average Bonchev–Trinajstić information content (AvgIpc) is 2.72. The second-order valence-corrected chi connectivity index (χ2v) is 7.12. The summed E-state index contributed by atoms with van der Waals surface area (Å²) < 4.78 is 55.7. The first-order valence-electron chi connectivity index (χ1n) is 9.31.